The lowest BCUT2D eigenvalue weighted by Crippen LogP contribution is -2.24. The van der Waals surface area contributed by atoms with Crippen LogP contribution in [0.1, 0.15) is 5.56 Å². The fourth-order valence-corrected chi connectivity index (χ4v) is 2.34. The van der Waals surface area contributed by atoms with Crippen LogP contribution in [-0.4, -0.2) is 23.8 Å². The molecule has 130 valence electrons. The maximum atomic E-state index is 11.8. The number of carbonyl (C=O) groups excluding carboxylic acids is 1. The zero-order chi connectivity index (χ0) is 18.2. The average molecular weight is 346 g/mol. The Morgan fingerprint density at radius 2 is 1.69 bits per heavy atom. The molecule has 1 amide bonds. The summed E-state index contributed by atoms with van der Waals surface area (Å²) < 4.78 is 5.45. The van der Waals surface area contributed by atoms with Crippen molar-refractivity contribution >= 4 is 12.1 Å². The second-order valence-corrected chi connectivity index (χ2v) is 5.57. The third-order valence-corrected chi connectivity index (χ3v) is 3.60. The van der Waals surface area contributed by atoms with Crippen molar-refractivity contribution in [3.05, 3.63) is 84.4 Å². The Kier molecular flexibility index (Phi) is 5.62. The van der Waals surface area contributed by atoms with Gasteiger partial charge in [-0.25, -0.2) is 5.43 Å². The standard InChI is InChI=1S/C21H18N2O3/c24-19-8-4-5-16(13-19)14-22-23-21(25)15-26-20-11-9-18(10-12-20)17-6-2-1-3-7-17/h1-14,24H,15H2,(H,23,25)/b22-14+. The van der Waals surface area contributed by atoms with E-state index in [1.165, 1.54) is 6.21 Å². The molecule has 3 aromatic rings. The quantitative estimate of drug-likeness (QED) is 0.529. The number of hydrogen-bond acceptors (Lipinski definition) is 4. The Balaban J connectivity index is 1.48. The van der Waals surface area contributed by atoms with E-state index >= 15 is 0 Å². The minimum Gasteiger partial charge on any atom is -0.508 e. The van der Waals surface area contributed by atoms with Crippen LogP contribution in [0.3, 0.4) is 0 Å². The highest BCUT2D eigenvalue weighted by atomic mass is 16.5. The smallest absolute Gasteiger partial charge is 0.277 e. The molecule has 0 spiro atoms. The lowest BCUT2D eigenvalue weighted by atomic mass is 10.1. The van der Waals surface area contributed by atoms with Gasteiger partial charge in [0.15, 0.2) is 6.61 Å². The van der Waals surface area contributed by atoms with Gasteiger partial charge in [0.1, 0.15) is 11.5 Å². The normalized spacial score (nSPS) is 10.6. The van der Waals surface area contributed by atoms with E-state index in [1.807, 2.05) is 54.6 Å². The summed E-state index contributed by atoms with van der Waals surface area (Å²) in [5.41, 5.74) is 5.27. The van der Waals surface area contributed by atoms with Crippen LogP contribution in [-0.2, 0) is 4.79 Å². The van der Waals surface area contributed by atoms with Crippen LogP contribution in [0.4, 0.5) is 0 Å². The predicted octanol–water partition coefficient (Wildman–Crippen LogP) is 3.59. The van der Waals surface area contributed by atoms with E-state index in [1.54, 1.807) is 24.3 Å². The molecule has 0 saturated carbocycles. The van der Waals surface area contributed by atoms with Crippen molar-refractivity contribution in [1.82, 2.24) is 5.43 Å². The van der Waals surface area contributed by atoms with Crippen LogP contribution in [0.2, 0.25) is 0 Å². The molecule has 5 heteroatoms. The molecule has 0 bridgehead atoms. The Bertz CT molecular complexity index is 891. The molecule has 0 aliphatic rings. The van der Waals surface area contributed by atoms with Crippen molar-refractivity contribution in [1.29, 1.82) is 0 Å². The molecule has 3 aromatic carbocycles. The molecule has 0 aromatic heterocycles. The first-order chi connectivity index (χ1) is 12.7. The van der Waals surface area contributed by atoms with E-state index in [0.29, 0.717) is 11.3 Å². The molecule has 26 heavy (non-hydrogen) atoms. The lowest BCUT2D eigenvalue weighted by Gasteiger charge is -2.06. The maximum absolute atomic E-state index is 11.8. The van der Waals surface area contributed by atoms with Crippen molar-refractivity contribution in [3.8, 4) is 22.6 Å². The molecule has 0 saturated heterocycles. The topological polar surface area (TPSA) is 70.9 Å². The van der Waals surface area contributed by atoms with Gasteiger partial charge in [0.2, 0.25) is 0 Å². The van der Waals surface area contributed by atoms with Crippen molar-refractivity contribution in [2.75, 3.05) is 6.61 Å². The fourth-order valence-electron chi connectivity index (χ4n) is 2.34. The van der Waals surface area contributed by atoms with Crippen LogP contribution in [0.5, 0.6) is 11.5 Å². The molecule has 5 nitrogen and oxygen atoms in total. The third kappa shape index (κ3) is 4.95. The largest absolute Gasteiger partial charge is 0.508 e. The van der Waals surface area contributed by atoms with Gasteiger partial charge >= 0.3 is 0 Å². The van der Waals surface area contributed by atoms with E-state index in [-0.39, 0.29) is 18.3 Å². The van der Waals surface area contributed by atoms with Gasteiger partial charge in [0.05, 0.1) is 6.21 Å². The van der Waals surface area contributed by atoms with Crippen molar-refractivity contribution in [3.63, 3.8) is 0 Å². The second-order valence-electron chi connectivity index (χ2n) is 5.57. The molecule has 0 heterocycles. The number of hydrazone groups is 1. The fraction of sp³-hybridized carbons (Fsp3) is 0.0476. The number of benzene rings is 3. The summed E-state index contributed by atoms with van der Waals surface area (Å²) in [7, 11) is 0. The molecule has 3 rings (SSSR count). The Morgan fingerprint density at radius 3 is 2.42 bits per heavy atom. The van der Waals surface area contributed by atoms with Crippen molar-refractivity contribution in [2.24, 2.45) is 5.10 Å². The number of carbonyl (C=O) groups is 1. The highest BCUT2D eigenvalue weighted by Gasteiger charge is 2.02. The number of amides is 1. The second kappa shape index (κ2) is 8.48. The highest BCUT2D eigenvalue weighted by Crippen LogP contribution is 2.21. The lowest BCUT2D eigenvalue weighted by molar-refractivity contribution is -0.123. The summed E-state index contributed by atoms with van der Waals surface area (Å²) in [4.78, 5) is 11.8. The molecule has 0 aliphatic heterocycles. The number of hydrogen-bond donors (Lipinski definition) is 2. The Hall–Kier alpha value is -3.60. The molecule has 2 N–H and O–H groups in total. The molecular weight excluding hydrogens is 328 g/mol. The van der Waals surface area contributed by atoms with E-state index in [9.17, 15) is 9.90 Å². The monoisotopic (exact) mass is 346 g/mol. The molecular formula is C21H18N2O3. The third-order valence-electron chi connectivity index (χ3n) is 3.60. The summed E-state index contributed by atoms with van der Waals surface area (Å²) in [6, 6.07) is 24.1. The first kappa shape index (κ1) is 17.2. The van der Waals surface area contributed by atoms with E-state index in [2.05, 4.69) is 10.5 Å². The van der Waals surface area contributed by atoms with Crippen molar-refractivity contribution < 1.29 is 14.6 Å². The van der Waals surface area contributed by atoms with Crippen LogP contribution >= 0.6 is 0 Å². The summed E-state index contributed by atoms with van der Waals surface area (Å²) in [5, 5.41) is 13.2. The minimum absolute atomic E-state index is 0.137. The van der Waals surface area contributed by atoms with Gasteiger partial charge in [0.25, 0.3) is 5.91 Å². The number of nitrogens with zero attached hydrogens (tertiary/aromatic N) is 1. The van der Waals surface area contributed by atoms with Crippen LogP contribution in [0.15, 0.2) is 84.0 Å². The summed E-state index contributed by atoms with van der Waals surface area (Å²) in [6.07, 6.45) is 1.45. The SMILES string of the molecule is O=C(COc1ccc(-c2ccccc2)cc1)N/N=C/c1cccc(O)c1. The van der Waals surface area contributed by atoms with Crippen LogP contribution < -0.4 is 10.2 Å². The van der Waals surface area contributed by atoms with E-state index < -0.39 is 0 Å². The first-order valence-corrected chi connectivity index (χ1v) is 8.10. The van der Waals surface area contributed by atoms with Gasteiger partial charge < -0.3 is 9.84 Å². The zero-order valence-electron chi connectivity index (χ0n) is 14.0. The Labute approximate surface area is 151 Å². The van der Waals surface area contributed by atoms with Crippen LogP contribution in [0.25, 0.3) is 11.1 Å². The van der Waals surface area contributed by atoms with E-state index in [0.717, 1.165) is 11.1 Å². The number of phenols is 1. The molecule has 0 atom stereocenters. The molecule has 0 aliphatic carbocycles. The molecule has 0 fully saturated rings. The Morgan fingerprint density at radius 1 is 0.962 bits per heavy atom. The highest BCUT2D eigenvalue weighted by molar-refractivity contribution is 5.83. The molecule has 0 radical (unpaired) electrons. The number of rotatable bonds is 6. The van der Waals surface area contributed by atoms with Gasteiger partial charge in [-0.1, -0.05) is 54.6 Å². The van der Waals surface area contributed by atoms with E-state index in [4.69, 9.17) is 4.74 Å². The number of ether oxygens (including phenoxy) is 1. The van der Waals surface area contributed by atoms with Crippen molar-refractivity contribution in [2.45, 2.75) is 0 Å². The van der Waals surface area contributed by atoms with Gasteiger partial charge in [0, 0.05) is 0 Å². The maximum Gasteiger partial charge on any atom is 0.277 e. The zero-order valence-corrected chi connectivity index (χ0v) is 14.0. The van der Waals surface area contributed by atoms with Gasteiger partial charge in [-0.2, -0.15) is 5.10 Å². The summed E-state index contributed by atoms with van der Waals surface area (Å²) in [5.74, 6) is 0.382. The molecule has 0 unspecified atom stereocenters. The minimum atomic E-state index is -0.367. The number of phenolic OH excluding ortho intramolecular Hbond substituents is 1. The van der Waals surface area contributed by atoms with Gasteiger partial charge in [-0.3, -0.25) is 4.79 Å². The predicted molar refractivity (Wildman–Crippen MR) is 101 cm³/mol. The summed E-state index contributed by atoms with van der Waals surface area (Å²) in [6.45, 7) is -0.137. The average Bonchev–Trinajstić information content (AvgIpc) is 2.68. The number of aromatic hydroxyl groups is 1. The van der Waals surface area contributed by atoms with Gasteiger partial charge in [-0.15, -0.1) is 0 Å². The van der Waals surface area contributed by atoms with Crippen LogP contribution in [0, 0.1) is 0 Å². The summed E-state index contributed by atoms with van der Waals surface area (Å²) >= 11 is 0. The van der Waals surface area contributed by atoms with Gasteiger partial charge in [-0.05, 0) is 41.0 Å². The first-order valence-electron chi connectivity index (χ1n) is 8.10. The number of nitrogens with one attached hydrogen (secondary N) is 1.